The van der Waals surface area contributed by atoms with Crippen LogP contribution in [0, 0.1) is 11.8 Å². The molecule has 0 aromatic carbocycles. The van der Waals surface area contributed by atoms with Crippen molar-refractivity contribution in [2.45, 2.75) is 32.2 Å². The molecule has 0 radical (unpaired) electrons. The molecule has 1 N–H and O–H groups in total. The smallest absolute Gasteiger partial charge is 0.306 e. The molecule has 0 aliphatic carbocycles. The molecule has 0 aromatic heterocycles. The number of carboxylic acids is 1. The van der Waals surface area contributed by atoms with E-state index in [1.54, 1.807) is 0 Å². The van der Waals surface area contributed by atoms with E-state index in [2.05, 4.69) is 23.8 Å². The second-order valence-corrected chi connectivity index (χ2v) is 5.74. The molecule has 0 saturated carbocycles. The number of hydrogen-bond donors (Lipinski definition) is 1. The average molecular weight is 240 g/mol. The maximum atomic E-state index is 10.9. The zero-order valence-electron chi connectivity index (χ0n) is 10.9. The first-order valence-corrected chi connectivity index (χ1v) is 6.73. The van der Waals surface area contributed by atoms with Gasteiger partial charge in [-0.2, -0.15) is 0 Å². The van der Waals surface area contributed by atoms with Gasteiger partial charge in [0.2, 0.25) is 0 Å². The quantitative estimate of drug-likeness (QED) is 0.785. The van der Waals surface area contributed by atoms with Crippen molar-refractivity contribution in [2.24, 2.45) is 11.8 Å². The highest BCUT2D eigenvalue weighted by molar-refractivity contribution is 5.70. The van der Waals surface area contributed by atoms with Gasteiger partial charge in [0.25, 0.3) is 0 Å². The first-order valence-electron chi connectivity index (χ1n) is 6.73. The van der Waals surface area contributed by atoms with Crippen molar-refractivity contribution in [3.8, 4) is 0 Å². The molecule has 2 heterocycles. The largest absolute Gasteiger partial charge is 0.481 e. The minimum Gasteiger partial charge on any atom is -0.481 e. The number of likely N-dealkylation sites (tertiary alicyclic amines) is 2. The fourth-order valence-corrected chi connectivity index (χ4v) is 3.36. The molecule has 0 spiro atoms. The molecule has 2 atom stereocenters. The van der Waals surface area contributed by atoms with Crippen molar-refractivity contribution in [1.82, 2.24) is 9.80 Å². The molecule has 0 aromatic rings. The lowest BCUT2D eigenvalue weighted by Gasteiger charge is -2.44. The van der Waals surface area contributed by atoms with E-state index in [1.165, 1.54) is 19.5 Å². The molecule has 0 unspecified atom stereocenters. The van der Waals surface area contributed by atoms with Crippen molar-refractivity contribution in [3.63, 3.8) is 0 Å². The van der Waals surface area contributed by atoms with Crippen molar-refractivity contribution in [2.75, 3.05) is 33.2 Å². The molecule has 0 bridgehead atoms. The van der Waals surface area contributed by atoms with Crippen LogP contribution in [-0.4, -0.2) is 60.1 Å². The van der Waals surface area contributed by atoms with Crippen LogP contribution in [0.5, 0.6) is 0 Å². The minimum atomic E-state index is -0.610. The number of piperidine rings is 2. The van der Waals surface area contributed by atoms with Gasteiger partial charge >= 0.3 is 5.97 Å². The summed E-state index contributed by atoms with van der Waals surface area (Å²) in [6.45, 7) is 6.60. The third-order valence-corrected chi connectivity index (χ3v) is 4.41. The zero-order chi connectivity index (χ0) is 12.4. The van der Waals surface area contributed by atoms with Gasteiger partial charge in [-0.1, -0.05) is 6.92 Å². The molecular weight excluding hydrogens is 216 g/mol. The maximum absolute atomic E-state index is 10.9. The molecule has 4 heteroatoms. The van der Waals surface area contributed by atoms with E-state index in [1.807, 2.05) is 0 Å². The molecule has 0 amide bonds. The summed E-state index contributed by atoms with van der Waals surface area (Å²) in [5.41, 5.74) is 0. The Morgan fingerprint density at radius 2 is 1.82 bits per heavy atom. The standard InChI is InChI=1S/C13H24N2O2/c1-10-9-14(2)6-5-12(10)15-7-3-11(4-8-15)13(16)17/h10-12H,3-9H2,1-2H3,(H,16,17)/t10-,12-/m1/s1. The monoisotopic (exact) mass is 240 g/mol. The predicted molar refractivity (Wildman–Crippen MR) is 67.0 cm³/mol. The summed E-state index contributed by atoms with van der Waals surface area (Å²) in [4.78, 5) is 15.8. The van der Waals surface area contributed by atoms with E-state index in [9.17, 15) is 4.79 Å². The number of aliphatic carboxylic acids is 1. The highest BCUT2D eigenvalue weighted by Crippen LogP contribution is 2.26. The second-order valence-electron chi connectivity index (χ2n) is 5.74. The van der Waals surface area contributed by atoms with Crippen LogP contribution in [0.4, 0.5) is 0 Å². The lowest BCUT2D eigenvalue weighted by Crippen LogP contribution is -2.51. The summed E-state index contributed by atoms with van der Waals surface area (Å²) in [7, 11) is 2.18. The van der Waals surface area contributed by atoms with Gasteiger partial charge in [0.15, 0.2) is 0 Å². The van der Waals surface area contributed by atoms with Crippen LogP contribution in [0.15, 0.2) is 0 Å². The van der Waals surface area contributed by atoms with E-state index in [-0.39, 0.29) is 5.92 Å². The zero-order valence-corrected chi connectivity index (χ0v) is 10.9. The summed E-state index contributed by atoms with van der Waals surface area (Å²) < 4.78 is 0. The van der Waals surface area contributed by atoms with Crippen molar-refractivity contribution in [3.05, 3.63) is 0 Å². The Balaban J connectivity index is 1.86. The van der Waals surface area contributed by atoms with Crippen LogP contribution in [-0.2, 0) is 4.79 Å². The van der Waals surface area contributed by atoms with Gasteiger partial charge < -0.3 is 10.0 Å². The molecule has 17 heavy (non-hydrogen) atoms. The summed E-state index contributed by atoms with van der Waals surface area (Å²) in [6.07, 6.45) is 2.89. The highest BCUT2D eigenvalue weighted by atomic mass is 16.4. The van der Waals surface area contributed by atoms with E-state index in [0.717, 1.165) is 25.9 Å². The van der Waals surface area contributed by atoms with Crippen molar-refractivity contribution >= 4 is 5.97 Å². The minimum absolute atomic E-state index is 0.104. The summed E-state index contributed by atoms with van der Waals surface area (Å²) >= 11 is 0. The van der Waals surface area contributed by atoms with Crippen molar-refractivity contribution < 1.29 is 9.90 Å². The van der Waals surface area contributed by atoms with Gasteiger partial charge in [0.1, 0.15) is 0 Å². The molecule has 2 aliphatic heterocycles. The molecule has 2 rings (SSSR count). The Morgan fingerprint density at radius 1 is 1.18 bits per heavy atom. The third-order valence-electron chi connectivity index (χ3n) is 4.41. The fourth-order valence-electron chi connectivity index (χ4n) is 3.36. The number of carboxylic acid groups (broad SMARTS) is 1. The average Bonchev–Trinajstić information content (AvgIpc) is 2.29. The topological polar surface area (TPSA) is 43.8 Å². The van der Waals surface area contributed by atoms with E-state index >= 15 is 0 Å². The SMILES string of the molecule is C[C@@H]1CN(C)CC[C@H]1N1CCC(C(=O)O)CC1. The van der Waals surface area contributed by atoms with E-state index < -0.39 is 5.97 Å². The van der Waals surface area contributed by atoms with Gasteiger partial charge in [0.05, 0.1) is 5.92 Å². The summed E-state index contributed by atoms with van der Waals surface area (Å²) in [6, 6.07) is 0.668. The Hall–Kier alpha value is -0.610. The summed E-state index contributed by atoms with van der Waals surface area (Å²) in [5, 5.41) is 9.00. The van der Waals surface area contributed by atoms with Gasteiger partial charge in [-0.05, 0) is 51.9 Å². The van der Waals surface area contributed by atoms with Crippen LogP contribution in [0.25, 0.3) is 0 Å². The lowest BCUT2D eigenvalue weighted by molar-refractivity contribution is -0.143. The van der Waals surface area contributed by atoms with Crippen LogP contribution >= 0.6 is 0 Å². The van der Waals surface area contributed by atoms with Crippen molar-refractivity contribution in [1.29, 1.82) is 0 Å². The van der Waals surface area contributed by atoms with E-state index in [4.69, 9.17) is 5.11 Å². The number of hydrogen-bond acceptors (Lipinski definition) is 3. The number of rotatable bonds is 2. The Morgan fingerprint density at radius 3 is 2.35 bits per heavy atom. The second kappa shape index (κ2) is 5.36. The Labute approximate surface area is 104 Å². The van der Waals surface area contributed by atoms with Gasteiger partial charge in [-0.3, -0.25) is 9.69 Å². The molecule has 2 aliphatic rings. The van der Waals surface area contributed by atoms with Gasteiger partial charge in [0, 0.05) is 12.6 Å². The number of carbonyl (C=O) groups is 1. The highest BCUT2D eigenvalue weighted by Gasteiger charge is 2.33. The first-order chi connectivity index (χ1) is 8.08. The van der Waals surface area contributed by atoms with Crippen LogP contribution in [0.1, 0.15) is 26.2 Å². The fraction of sp³-hybridized carbons (Fsp3) is 0.923. The molecule has 98 valence electrons. The molecular formula is C13H24N2O2. The van der Waals surface area contributed by atoms with Gasteiger partial charge in [-0.15, -0.1) is 0 Å². The summed E-state index contributed by atoms with van der Waals surface area (Å²) in [5.74, 6) is -0.0102. The first kappa shape index (κ1) is 12.8. The maximum Gasteiger partial charge on any atom is 0.306 e. The Kier molecular flexibility index (Phi) is 4.05. The normalized spacial score (nSPS) is 33.8. The molecule has 4 nitrogen and oxygen atoms in total. The third kappa shape index (κ3) is 2.99. The molecule has 2 fully saturated rings. The van der Waals surface area contributed by atoms with Gasteiger partial charge in [-0.25, -0.2) is 0 Å². The van der Waals surface area contributed by atoms with Crippen LogP contribution in [0.2, 0.25) is 0 Å². The predicted octanol–water partition coefficient (Wildman–Crippen LogP) is 1.12. The van der Waals surface area contributed by atoms with E-state index in [0.29, 0.717) is 12.0 Å². The number of nitrogens with zero attached hydrogens (tertiary/aromatic N) is 2. The van der Waals surface area contributed by atoms with Crippen LogP contribution in [0.3, 0.4) is 0 Å². The molecule has 2 saturated heterocycles. The lowest BCUT2D eigenvalue weighted by atomic mass is 9.89. The van der Waals surface area contributed by atoms with Crippen LogP contribution < -0.4 is 0 Å². The Bertz CT molecular complexity index is 275.